The summed E-state index contributed by atoms with van der Waals surface area (Å²) >= 11 is 0. The monoisotopic (exact) mass is 577 g/mol. The van der Waals surface area contributed by atoms with Crippen LogP contribution in [0.1, 0.15) is 12.2 Å². The second-order valence-corrected chi connectivity index (χ2v) is 9.51. The quantitative estimate of drug-likeness (QED) is 0.385. The van der Waals surface area contributed by atoms with Crippen LogP contribution in [-0.2, 0) is 4.74 Å². The molecular weight excluding hydrogens is 542 g/mol. The predicted octanol–water partition coefficient (Wildman–Crippen LogP) is 3.81. The average molecular weight is 578 g/mol. The van der Waals surface area contributed by atoms with Crippen LogP contribution in [-0.4, -0.2) is 93.7 Å². The Morgan fingerprint density at radius 1 is 0.857 bits per heavy atom. The maximum Gasteiger partial charge on any atom is 0.322 e. The van der Waals surface area contributed by atoms with Gasteiger partial charge in [0, 0.05) is 49.7 Å². The molecule has 2 amide bonds. The molecule has 13 heteroatoms. The maximum atomic E-state index is 12.9. The molecule has 3 heterocycles. The Kier molecular flexibility index (Phi) is 9.07. The van der Waals surface area contributed by atoms with Crippen molar-refractivity contribution in [3.05, 3.63) is 48.3 Å². The minimum atomic E-state index is -0.176. The van der Waals surface area contributed by atoms with Crippen LogP contribution in [0.4, 0.5) is 28.1 Å². The molecule has 13 nitrogen and oxygen atoms in total. The molecule has 0 radical (unpaired) electrons. The summed E-state index contributed by atoms with van der Waals surface area (Å²) in [5.74, 6) is 3.71. The molecule has 2 aliphatic rings. The molecule has 1 fully saturated rings. The van der Waals surface area contributed by atoms with Gasteiger partial charge in [-0.15, -0.1) is 0 Å². The van der Waals surface area contributed by atoms with Crippen molar-refractivity contribution in [1.29, 1.82) is 0 Å². The fourth-order valence-corrected chi connectivity index (χ4v) is 4.68. The molecule has 2 aliphatic heterocycles. The number of benzene rings is 2. The van der Waals surface area contributed by atoms with E-state index in [2.05, 4.69) is 15.5 Å². The number of hydrogen-bond donors (Lipinski definition) is 2. The van der Waals surface area contributed by atoms with E-state index in [1.807, 2.05) is 18.2 Å². The molecule has 0 aliphatic carbocycles. The highest BCUT2D eigenvalue weighted by Gasteiger charge is 2.23. The van der Waals surface area contributed by atoms with Gasteiger partial charge in [-0.25, -0.2) is 4.79 Å². The Bertz CT molecular complexity index is 1400. The van der Waals surface area contributed by atoms with Gasteiger partial charge < -0.3 is 44.1 Å². The summed E-state index contributed by atoms with van der Waals surface area (Å²) in [6.45, 7) is 3.47. The van der Waals surface area contributed by atoms with Crippen LogP contribution in [0.3, 0.4) is 0 Å². The lowest BCUT2D eigenvalue weighted by Gasteiger charge is -2.28. The molecule has 0 saturated carbocycles. The van der Waals surface area contributed by atoms with Crippen molar-refractivity contribution in [3.8, 4) is 23.0 Å². The molecule has 2 aromatic carbocycles. The van der Waals surface area contributed by atoms with Gasteiger partial charge in [0.25, 0.3) is 0 Å². The number of nitrogens with zero attached hydrogens (tertiary/aromatic N) is 5. The Morgan fingerprint density at radius 2 is 1.57 bits per heavy atom. The highest BCUT2D eigenvalue weighted by molar-refractivity contribution is 5.90. The van der Waals surface area contributed by atoms with Crippen molar-refractivity contribution < 1.29 is 28.5 Å². The van der Waals surface area contributed by atoms with E-state index < -0.39 is 0 Å². The zero-order chi connectivity index (χ0) is 29.5. The lowest BCUT2D eigenvalue weighted by atomic mass is 10.1. The number of urea groups is 1. The first-order valence-corrected chi connectivity index (χ1v) is 13.6. The first-order chi connectivity index (χ1) is 20.5. The summed E-state index contributed by atoms with van der Waals surface area (Å²) in [6, 6.07) is 10.6. The molecule has 0 bridgehead atoms. The third kappa shape index (κ3) is 6.57. The normalized spacial score (nSPS) is 15.0. The number of carbonyl (C=O) groups excluding carboxylic acids is 1. The molecule has 1 aromatic heterocycles. The summed E-state index contributed by atoms with van der Waals surface area (Å²) < 4.78 is 27.2. The summed E-state index contributed by atoms with van der Waals surface area (Å²) in [4.78, 5) is 31.0. The predicted molar refractivity (Wildman–Crippen MR) is 158 cm³/mol. The Balaban J connectivity index is 1.38. The van der Waals surface area contributed by atoms with E-state index in [0.717, 1.165) is 11.3 Å². The van der Waals surface area contributed by atoms with Crippen LogP contribution in [0.25, 0.3) is 5.57 Å². The summed E-state index contributed by atoms with van der Waals surface area (Å²) in [7, 11) is 6.29. The fourth-order valence-electron chi connectivity index (χ4n) is 4.68. The van der Waals surface area contributed by atoms with Gasteiger partial charge in [0.15, 0.2) is 17.3 Å². The Morgan fingerprint density at radius 3 is 2.17 bits per heavy atom. The summed E-state index contributed by atoms with van der Waals surface area (Å²) in [6.07, 6.45) is 2.57. The van der Waals surface area contributed by atoms with Crippen LogP contribution >= 0.6 is 0 Å². The van der Waals surface area contributed by atoms with Gasteiger partial charge in [0.1, 0.15) is 5.75 Å². The van der Waals surface area contributed by atoms with Gasteiger partial charge >= 0.3 is 6.03 Å². The fraction of sp³-hybridized carbons (Fsp3) is 0.379. The van der Waals surface area contributed by atoms with Crippen LogP contribution < -0.4 is 34.5 Å². The van der Waals surface area contributed by atoms with Crippen molar-refractivity contribution in [2.45, 2.75) is 6.42 Å². The minimum Gasteiger partial charge on any atom is -0.497 e. The second kappa shape index (κ2) is 13.3. The molecule has 0 atom stereocenters. The van der Waals surface area contributed by atoms with E-state index in [1.165, 1.54) is 0 Å². The number of ether oxygens (including phenoxy) is 5. The van der Waals surface area contributed by atoms with Gasteiger partial charge in [-0.05, 0) is 36.3 Å². The van der Waals surface area contributed by atoms with E-state index in [-0.39, 0.29) is 6.03 Å². The molecule has 3 aromatic rings. The Hall–Kier alpha value is -4.78. The summed E-state index contributed by atoms with van der Waals surface area (Å²) in [5, 5.41) is 6.22. The highest BCUT2D eigenvalue weighted by atomic mass is 16.5. The van der Waals surface area contributed by atoms with Crippen molar-refractivity contribution in [2.24, 2.45) is 0 Å². The summed E-state index contributed by atoms with van der Waals surface area (Å²) in [5.41, 5.74) is 2.30. The number of aromatic nitrogens is 3. The van der Waals surface area contributed by atoms with Gasteiger partial charge in [-0.3, -0.25) is 0 Å². The van der Waals surface area contributed by atoms with Crippen molar-refractivity contribution in [3.63, 3.8) is 0 Å². The molecule has 1 saturated heterocycles. The standard InChI is InChI=1S/C29H35N7O6/c1-38-22-7-5-20(6-8-22)31-29(37)36-11-9-19(10-12-36)26-32-27(34-28(33-26)35-13-15-42-16-14-35)30-21-17-23(39-2)25(41-4)24(18-21)40-3/h5-9,17-18H,10-16H2,1-4H3,(H,31,37)(H,30,32,33,34). The van der Waals surface area contributed by atoms with Gasteiger partial charge in [0.2, 0.25) is 17.6 Å². The number of hydrogen-bond acceptors (Lipinski definition) is 11. The van der Waals surface area contributed by atoms with Gasteiger partial charge in [0.05, 0.1) is 41.7 Å². The van der Waals surface area contributed by atoms with Crippen LogP contribution in [0, 0.1) is 0 Å². The number of rotatable bonds is 9. The second-order valence-electron chi connectivity index (χ2n) is 9.51. The number of morpholine rings is 1. The zero-order valence-corrected chi connectivity index (χ0v) is 24.2. The molecule has 222 valence electrons. The number of anilines is 4. The highest BCUT2D eigenvalue weighted by Crippen LogP contribution is 2.40. The minimum absolute atomic E-state index is 0.176. The molecular formula is C29H35N7O6. The molecule has 0 spiro atoms. The lowest BCUT2D eigenvalue weighted by Crippen LogP contribution is -2.38. The van der Waals surface area contributed by atoms with Crippen LogP contribution in [0.2, 0.25) is 0 Å². The maximum absolute atomic E-state index is 12.9. The molecule has 5 rings (SSSR count). The lowest BCUT2D eigenvalue weighted by molar-refractivity contribution is 0.122. The SMILES string of the molecule is COc1ccc(NC(=O)N2CC=C(c3nc(Nc4cc(OC)c(OC)c(OC)c4)nc(N4CCOCC4)n3)CC2)cc1. The van der Waals surface area contributed by atoms with E-state index in [9.17, 15) is 4.79 Å². The third-order valence-electron chi connectivity index (χ3n) is 6.96. The number of methoxy groups -OCH3 is 4. The van der Waals surface area contributed by atoms with Gasteiger partial charge in [-0.1, -0.05) is 6.08 Å². The average Bonchev–Trinajstić information content (AvgIpc) is 3.04. The third-order valence-corrected chi connectivity index (χ3v) is 6.96. The number of amides is 2. The Labute approximate surface area is 244 Å². The molecule has 2 N–H and O–H groups in total. The largest absolute Gasteiger partial charge is 0.497 e. The number of carbonyl (C=O) groups is 1. The smallest absolute Gasteiger partial charge is 0.322 e. The van der Waals surface area contributed by atoms with Crippen molar-refractivity contribution in [2.75, 3.05) is 83.4 Å². The van der Waals surface area contributed by atoms with E-state index in [4.69, 9.17) is 38.6 Å². The topological polar surface area (TPSA) is 132 Å². The van der Waals surface area contributed by atoms with Crippen LogP contribution in [0.5, 0.6) is 23.0 Å². The molecule has 0 unspecified atom stereocenters. The number of nitrogens with one attached hydrogen (secondary N) is 2. The first-order valence-electron chi connectivity index (χ1n) is 13.6. The van der Waals surface area contributed by atoms with Crippen molar-refractivity contribution >= 4 is 34.9 Å². The molecule has 42 heavy (non-hydrogen) atoms. The van der Waals surface area contributed by atoms with Gasteiger partial charge in [-0.2, -0.15) is 15.0 Å². The van der Waals surface area contributed by atoms with Crippen molar-refractivity contribution in [1.82, 2.24) is 19.9 Å². The van der Waals surface area contributed by atoms with Crippen LogP contribution in [0.15, 0.2) is 42.5 Å². The van der Waals surface area contributed by atoms with E-state index in [0.29, 0.717) is 92.2 Å². The first kappa shape index (κ1) is 28.7. The zero-order valence-electron chi connectivity index (χ0n) is 24.2. The van der Waals surface area contributed by atoms with E-state index >= 15 is 0 Å². The van der Waals surface area contributed by atoms with E-state index in [1.54, 1.807) is 57.6 Å².